The molecular formula is C13H10N2O3S2. The van der Waals surface area contributed by atoms with Gasteiger partial charge in [0.2, 0.25) is 0 Å². The second-order valence-electron chi connectivity index (χ2n) is 3.79. The van der Waals surface area contributed by atoms with Crippen LogP contribution in [0.3, 0.4) is 0 Å². The standard InChI is InChI=1S/C13H10N2O3S2/c1-10(13-11(9-14)7-8-19-13)15-18-20(16,17)12-5-3-2-4-6-12/h2-8H,1H3/b15-10+. The molecule has 0 fully saturated rings. The Morgan fingerprint density at radius 2 is 2.00 bits per heavy atom. The molecule has 1 aromatic heterocycles. The van der Waals surface area contributed by atoms with Gasteiger partial charge in [0.25, 0.3) is 0 Å². The predicted octanol–water partition coefficient (Wildman–Crippen LogP) is 2.75. The smallest absolute Gasteiger partial charge is 0.264 e. The van der Waals surface area contributed by atoms with Crippen molar-refractivity contribution in [1.29, 1.82) is 5.26 Å². The number of benzene rings is 1. The molecule has 0 bridgehead atoms. The predicted molar refractivity (Wildman–Crippen MR) is 76.0 cm³/mol. The van der Waals surface area contributed by atoms with E-state index in [2.05, 4.69) is 9.44 Å². The highest BCUT2D eigenvalue weighted by molar-refractivity contribution is 7.86. The highest BCUT2D eigenvalue weighted by Crippen LogP contribution is 2.18. The Morgan fingerprint density at radius 1 is 1.30 bits per heavy atom. The SMILES string of the molecule is C/C(=N\OS(=O)(=O)c1ccccc1)c1sccc1C#N. The van der Waals surface area contributed by atoms with Gasteiger partial charge in [-0.25, -0.2) is 0 Å². The van der Waals surface area contributed by atoms with Crippen LogP contribution < -0.4 is 0 Å². The highest BCUT2D eigenvalue weighted by atomic mass is 32.2. The van der Waals surface area contributed by atoms with E-state index in [-0.39, 0.29) is 4.90 Å². The zero-order valence-corrected chi connectivity index (χ0v) is 12.1. The van der Waals surface area contributed by atoms with Crippen LogP contribution in [0.15, 0.2) is 51.8 Å². The monoisotopic (exact) mass is 306 g/mol. The summed E-state index contributed by atoms with van der Waals surface area (Å²) < 4.78 is 28.4. The first-order valence-corrected chi connectivity index (χ1v) is 7.84. The van der Waals surface area contributed by atoms with E-state index in [1.54, 1.807) is 36.6 Å². The van der Waals surface area contributed by atoms with Crippen molar-refractivity contribution in [2.45, 2.75) is 11.8 Å². The van der Waals surface area contributed by atoms with Crippen LogP contribution in [0.25, 0.3) is 0 Å². The van der Waals surface area contributed by atoms with E-state index in [4.69, 9.17) is 5.26 Å². The zero-order chi connectivity index (χ0) is 14.6. The van der Waals surface area contributed by atoms with E-state index in [0.717, 1.165) is 0 Å². The third-order valence-electron chi connectivity index (χ3n) is 2.42. The molecule has 7 heteroatoms. The van der Waals surface area contributed by atoms with Gasteiger partial charge >= 0.3 is 10.1 Å². The molecule has 1 heterocycles. The van der Waals surface area contributed by atoms with Crippen molar-refractivity contribution in [1.82, 2.24) is 0 Å². The first-order valence-electron chi connectivity index (χ1n) is 5.56. The van der Waals surface area contributed by atoms with Gasteiger partial charge in [-0.1, -0.05) is 23.4 Å². The van der Waals surface area contributed by atoms with Crippen LogP contribution in [-0.2, 0) is 14.4 Å². The lowest BCUT2D eigenvalue weighted by atomic mass is 10.2. The number of hydrogen-bond acceptors (Lipinski definition) is 6. The zero-order valence-electron chi connectivity index (χ0n) is 10.5. The van der Waals surface area contributed by atoms with E-state index in [0.29, 0.717) is 16.2 Å². The highest BCUT2D eigenvalue weighted by Gasteiger charge is 2.16. The molecule has 0 saturated heterocycles. The van der Waals surface area contributed by atoms with Crippen LogP contribution in [0.5, 0.6) is 0 Å². The lowest BCUT2D eigenvalue weighted by molar-refractivity contribution is 0.339. The van der Waals surface area contributed by atoms with Gasteiger partial charge in [0.1, 0.15) is 11.0 Å². The van der Waals surface area contributed by atoms with Gasteiger partial charge in [-0.05, 0) is 30.5 Å². The Morgan fingerprint density at radius 3 is 2.65 bits per heavy atom. The number of rotatable bonds is 4. The molecule has 20 heavy (non-hydrogen) atoms. The van der Waals surface area contributed by atoms with Crippen LogP contribution >= 0.6 is 11.3 Å². The van der Waals surface area contributed by atoms with Crippen molar-refractivity contribution in [2.24, 2.45) is 5.16 Å². The minimum atomic E-state index is -3.93. The van der Waals surface area contributed by atoms with Gasteiger partial charge < -0.3 is 0 Å². The molecule has 2 aromatic rings. The fraction of sp³-hybridized carbons (Fsp3) is 0.0769. The largest absolute Gasteiger partial charge is 0.358 e. The van der Waals surface area contributed by atoms with Crippen molar-refractivity contribution in [3.63, 3.8) is 0 Å². The summed E-state index contributed by atoms with van der Waals surface area (Å²) in [6.07, 6.45) is 0. The second-order valence-corrected chi connectivity index (χ2v) is 6.24. The maximum absolute atomic E-state index is 11.9. The topological polar surface area (TPSA) is 79.5 Å². The van der Waals surface area contributed by atoms with Crippen LogP contribution in [0.4, 0.5) is 0 Å². The average Bonchev–Trinajstić information content (AvgIpc) is 2.94. The van der Waals surface area contributed by atoms with E-state index in [1.165, 1.54) is 23.5 Å². The normalized spacial score (nSPS) is 11.9. The molecule has 0 saturated carbocycles. The molecule has 0 amide bonds. The third-order valence-corrected chi connectivity index (χ3v) is 4.56. The number of hydrogen-bond donors (Lipinski definition) is 0. The summed E-state index contributed by atoms with van der Waals surface area (Å²) in [4.78, 5) is 0.624. The van der Waals surface area contributed by atoms with Crippen LogP contribution in [0.2, 0.25) is 0 Å². The van der Waals surface area contributed by atoms with Crippen molar-refractivity contribution >= 4 is 27.2 Å². The summed E-state index contributed by atoms with van der Waals surface area (Å²) >= 11 is 1.30. The maximum atomic E-state index is 11.9. The van der Waals surface area contributed by atoms with Gasteiger partial charge in [0.05, 0.1) is 16.2 Å². The Labute approximate surface area is 120 Å². The van der Waals surface area contributed by atoms with Crippen LogP contribution in [0.1, 0.15) is 17.4 Å². The van der Waals surface area contributed by atoms with Crippen LogP contribution in [-0.4, -0.2) is 14.1 Å². The Balaban J connectivity index is 2.24. The maximum Gasteiger partial charge on any atom is 0.358 e. The first-order chi connectivity index (χ1) is 9.54. The fourth-order valence-electron chi connectivity index (χ4n) is 1.45. The summed E-state index contributed by atoms with van der Waals surface area (Å²) in [5, 5.41) is 14.3. The lowest BCUT2D eigenvalue weighted by Crippen LogP contribution is -2.04. The molecule has 0 unspecified atom stereocenters. The van der Waals surface area contributed by atoms with Gasteiger partial charge in [0.15, 0.2) is 0 Å². The Bertz CT molecular complexity index is 771. The third kappa shape index (κ3) is 3.04. The molecule has 102 valence electrons. The van der Waals surface area contributed by atoms with Crippen molar-refractivity contribution in [3.8, 4) is 6.07 Å². The number of oxime groups is 1. The van der Waals surface area contributed by atoms with Crippen molar-refractivity contribution < 1.29 is 12.7 Å². The van der Waals surface area contributed by atoms with Crippen LogP contribution in [0, 0.1) is 11.3 Å². The minimum absolute atomic E-state index is 0.0308. The van der Waals surface area contributed by atoms with E-state index < -0.39 is 10.1 Å². The van der Waals surface area contributed by atoms with E-state index in [9.17, 15) is 8.42 Å². The molecular weight excluding hydrogens is 296 g/mol. The Hall–Kier alpha value is -2.17. The summed E-state index contributed by atoms with van der Waals surface area (Å²) in [7, 11) is -3.93. The van der Waals surface area contributed by atoms with Gasteiger partial charge in [0, 0.05) is 0 Å². The van der Waals surface area contributed by atoms with Gasteiger partial charge in [-0.2, -0.15) is 13.7 Å². The molecule has 0 aliphatic rings. The second kappa shape index (κ2) is 5.86. The summed E-state index contributed by atoms with van der Waals surface area (Å²) in [5.41, 5.74) is 0.785. The molecule has 5 nitrogen and oxygen atoms in total. The van der Waals surface area contributed by atoms with E-state index in [1.807, 2.05) is 6.07 Å². The molecule has 0 spiro atoms. The lowest BCUT2D eigenvalue weighted by Gasteiger charge is -2.02. The molecule has 1 aromatic carbocycles. The number of nitrogens with zero attached hydrogens (tertiary/aromatic N) is 2. The fourth-order valence-corrected chi connectivity index (χ4v) is 3.03. The first kappa shape index (κ1) is 14.2. The minimum Gasteiger partial charge on any atom is -0.264 e. The molecule has 2 rings (SSSR count). The number of nitriles is 1. The summed E-state index contributed by atoms with van der Waals surface area (Å²) in [5.74, 6) is 0. The molecule has 0 radical (unpaired) electrons. The van der Waals surface area contributed by atoms with Crippen molar-refractivity contribution in [3.05, 3.63) is 52.2 Å². The average molecular weight is 306 g/mol. The van der Waals surface area contributed by atoms with Gasteiger partial charge in [-0.3, -0.25) is 4.28 Å². The molecule has 0 aliphatic heterocycles. The quantitative estimate of drug-likeness (QED) is 0.642. The number of thiophene rings is 1. The summed E-state index contributed by atoms with van der Waals surface area (Å²) in [6, 6.07) is 11.4. The van der Waals surface area contributed by atoms with Crippen molar-refractivity contribution in [2.75, 3.05) is 0 Å². The molecule has 0 atom stereocenters. The van der Waals surface area contributed by atoms with Gasteiger partial charge in [-0.15, -0.1) is 11.3 Å². The molecule has 0 N–H and O–H groups in total. The van der Waals surface area contributed by atoms with E-state index >= 15 is 0 Å². The summed E-state index contributed by atoms with van der Waals surface area (Å²) in [6.45, 7) is 1.59. The Kier molecular flexibility index (Phi) is 4.17. The molecule has 0 aliphatic carbocycles.